The van der Waals surface area contributed by atoms with Crippen LogP contribution in [0.1, 0.15) is 18.9 Å². The predicted molar refractivity (Wildman–Crippen MR) is 59.2 cm³/mol. The van der Waals surface area contributed by atoms with Gasteiger partial charge in [0.25, 0.3) is 0 Å². The molecule has 1 atom stereocenters. The molecule has 0 aliphatic heterocycles. The lowest BCUT2D eigenvalue weighted by Gasteiger charge is -2.30. The van der Waals surface area contributed by atoms with Crippen molar-refractivity contribution in [3.05, 3.63) is 35.9 Å². The molecule has 2 heteroatoms. The molecule has 0 unspecified atom stereocenters. The smallest absolute Gasteiger partial charge is 0.102 e. The van der Waals surface area contributed by atoms with E-state index in [9.17, 15) is 5.11 Å². The van der Waals surface area contributed by atoms with Gasteiger partial charge in [-0.2, -0.15) is 0 Å². The molecular weight excluding hydrogens is 174 g/mol. The lowest BCUT2D eigenvalue weighted by molar-refractivity contribution is 0.00779. The summed E-state index contributed by atoms with van der Waals surface area (Å²) >= 11 is 0. The molecule has 14 heavy (non-hydrogen) atoms. The molecule has 0 aromatic heterocycles. The number of nitrogens with zero attached hydrogens (tertiary/aromatic N) is 1. The van der Waals surface area contributed by atoms with E-state index in [1.54, 1.807) is 0 Å². The van der Waals surface area contributed by atoms with Crippen molar-refractivity contribution in [3.63, 3.8) is 0 Å². The summed E-state index contributed by atoms with van der Waals surface area (Å²) < 4.78 is 0. The minimum Gasteiger partial charge on any atom is -0.384 e. The van der Waals surface area contributed by atoms with Gasteiger partial charge in [0.15, 0.2) is 0 Å². The highest BCUT2D eigenvalue weighted by molar-refractivity contribution is 5.22. The highest BCUT2D eigenvalue weighted by Gasteiger charge is 2.27. The molecule has 0 spiro atoms. The van der Waals surface area contributed by atoms with E-state index in [0.29, 0.717) is 6.54 Å². The first-order valence-electron chi connectivity index (χ1n) is 5.01. The summed E-state index contributed by atoms with van der Waals surface area (Å²) in [5, 5.41) is 10.4. The highest BCUT2D eigenvalue weighted by Crippen LogP contribution is 2.24. The van der Waals surface area contributed by atoms with E-state index >= 15 is 0 Å². The van der Waals surface area contributed by atoms with Gasteiger partial charge < -0.3 is 10.0 Å². The Balaban J connectivity index is 2.90. The fourth-order valence-corrected chi connectivity index (χ4v) is 1.68. The third-order valence-electron chi connectivity index (χ3n) is 2.47. The average Bonchev–Trinajstić information content (AvgIpc) is 2.18. The van der Waals surface area contributed by atoms with E-state index in [1.807, 2.05) is 56.3 Å². The molecule has 0 fully saturated rings. The van der Waals surface area contributed by atoms with Gasteiger partial charge in [-0.1, -0.05) is 37.3 Å². The molecule has 1 N–H and O–H groups in total. The zero-order valence-corrected chi connectivity index (χ0v) is 9.20. The molecule has 0 radical (unpaired) electrons. The fourth-order valence-electron chi connectivity index (χ4n) is 1.68. The minimum absolute atomic E-state index is 0.660. The predicted octanol–water partition coefficient (Wildman–Crippen LogP) is 1.85. The van der Waals surface area contributed by atoms with Gasteiger partial charge in [-0.05, 0) is 26.1 Å². The second-order valence-corrected chi connectivity index (χ2v) is 3.99. The van der Waals surface area contributed by atoms with Crippen LogP contribution in [-0.2, 0) is 5.60 Å². The average molecular weight is 193 g/mol. The topological polar surface area (TPSA) is 23.5 Å². The van der Waals surface area contributed by atoms with Gasteiger partial charge in [0.1, 0.15) is 5.60 Å². The van der Waals surface area contributed by atoms with Gasteiger partial charge >= 0.3 is 0 Å². The van der Waals surface area contributed by atoms with Crippen molar-refractivity contribution >= 4 is 0 Å². The Labute approximate surface area is 86.2 Å². The lowest BCUT2D eigenvalue weighted by atomic mass is 9.91. The fraction of sp³-hybridized carbons (Fsp3) is 0.500. The molecule has 78 valence electrons. The number of hydrogen-bond donors (Lipinski definition) is 1. The van der Waals surface area contributed by atoms with Crippen LogP contribution >= 0.6 is 0 Å². The first-order chi connectivity index (χ1) is 6.58. The van der Waals surface area contributed by atoms with Crippen LogP contribution in [-0.4, -0.2) is 30.6 Å². The molecule has 0 amide bonds. The maximum atomic E-state index is 10.4. The van der Waals surface area contributed by atoms with E-state index in [0.717, 1.165) is 12.0 Å². The van der Waals surface area contributed by atoms with E-state index in [1.165, 1.54) is 0 Å². The van der Waals surface area contributed by atoms with Crippen molar-refractivity contribution in [1.82, 2.24) is 4.90 Å². The Kier molecular flexibility index (Phi) is 3.67. The maximum Gasteiger partial charge on any atom is 0.102 e. The highest BCUT2D eigenvalue weighted by atomic mass is 16.3. The Morgan fingerprint density at radius 1 is 1.21 bits per heavy atom. The molecule has 2 nitrogen and oxygen atoms in total. The van der Waals surface area contributed by atoms with Gasteiger partial charge in [0, 0.05) is 6.54 Å². The zero-order chi connectivity index (χ0) is 10.6. The van der Waals surface area contributed by atoms with Crippen LogP contribution in [0, 0.1) is 0 Å². The Morgan fingerprint density at radius 2 is 1.79 bits per heavy atom. The van der Waals surface area contributed by atoms with Crippen LogP contribution in [0.2, 0.25) is 0 Å². The van der Waals surface area contributed by atoms with Crippen molar-refractivity contribution in [1.29, 1.82) is 0 Å². The second kappa shape index (κ2) is 4.58. The summed E-state index contributed by atoms with van der Waals surface area (Å²) in [6, 6.07) is 9.85. The molecule has 0 saturated carbocycles. The van der Waals surface area contributed by atoms with Crippen LogP contribution in [0.15, 0.2) is 30.3 Å². The van der Waals surface area contributed by atoms with Gasteiger partial charge in [-0.25, -0.2) is 0 Å². The summed E-state index contributed by atoms with van der Waals surface area (Å²) in [7, 11) is 3.95. The van der Waals surface area contributed by atoms with Crippen molar-refractivity contribution in [2.75, 3.05) is 20.6 Å². The van der Waals surface area contributed by atoms with Crippen LogP contribution < -0.4 is 0 Å². The molecule has 1 aromatic rings. The quantitative estimate of drug-likeness (QED) is 0.788. The number of rotatable bonds is 4. The van der Waals surface area contributed by atoms with Gasteiger partial charge in [-0.3, -0.25) is 0 Å². The molecule has 0 bridgehead atoms. The van der Waals surface area contributed by atoms with Gasteiger partial charge in [-0.15, -0.1) is 0 Å². The Morgan fingerprint density at radius 3 is 2.21 bits per heavy atom. The SMILES string of the molecule is CC[C@@](O)(CN(C)C)c1ccccc1. The Bertz CT molecular complexity index is 271. The van der Waals surface area contributed by atoms with Crippen LogP contribution in [0.5, 0.6) is 0 Å². The molecule has 1 rings (SSSR count). The number of benzene rings is 1. The van der Waals surface area contributed by atoms with E-state index in [2.05, 4.69) is 0 Å². The molecule has 0 aliphatic rings. The lowest BCUT2D eigenvalue weighted by Crippen LogP contribution is -2.36. The van der Waals surface area contributed by atoms with Crippen molar-refractivity contribution < 1.29 is 5.11 Å². The Hall–Kier alpha value is -0.860. The van der Waals surface area contributed by atoms with Crippen LogP contribution in [0.25, 0.3) is 0 Å². The maximum absolute atomic E-state index is 10.4. The summed E-state index contributed by atoms with van der Waals surface area (Å²) in [5.41, 5.74) is 0.279. The minimum atomic E-state index is -0.717. The first-order valence-corrected chi connectivity index (χ1v) is 5.01. The second-order valence-electron chi connectivity index (χ2n) is 3.99. The van der Waals surface area contributed by atoms with Crippen LogP contribution in [0.3, 0.4) is 0 Å². The van der Waals surface area contributed by atoms with Crippen molar-refractivity contribution in [2.24, 2.45) is 0 Å². The standard InChI is InChI=1S/C12H19NO/c1-4-12(14,10-13(2)3)11-8-6-5-7-9-11/h5-9,14H,4,10H2,1-3H3/t12-/m1/s1. The molecular formula is C12H19NO. The summed E-state index contributed by atoms with van der Waals surface area (Å²) in [6.07, 6.45) is 0.731. The zero-order valence-electron chi connectivity index (χ0n) is 9.20. The van der Waals surface area contributed by atoms with Gasteiger partial charge in [0.05, 0.1) is 0 Å². The number of likely N-dealkylation sites (N-methyl/N-ethyl adjacent to an activating group) is 1. The summed E-state index contributed by atoms with van der Waals surface area (Å²) in [5.74, 6) is 0. The molecule has 0 aliphatic carbocycles. The van der Waals surface area contributed by atoms with Crippen LogP contribution in [0.4, 0.5) is 0 Å². The molecule has 1 aromatic carbocycles. The van der Waals surface area contributed by atoms with Gasteiger partial charge in [0.2, 0.25) is 0 Å². The number of hydrogen-bond acceptors (Lipinski definition) is 2. The first kappa shape index (κ1) is 11.2. The van der Waals surface area contributed by atoms with E-state index in [4.69, 9.17) is 0 Å². The summed E-state index contributed by atoms with van der Waals surface area (Å²) in [6.45, 7) is 2.67. The summed E-state index contributed by atoms with van der Waals surface area (Å²) in [4.78, 5) is 2.01. The third kappa shape index (κ3) is 2.56. The number of aliphatic hydroxyl groups is 1. The monoisotopic (exact) mass is 193 g/mol. The normalized spacial score (nSPS) is 15.5. The van der Waals surface area contributed by atoms with Crippen molar-refractivity contribution in [2.45, 2.75) is 18.9 Å². The molecule has 0 heterocycles. The molecule has 0 saturated heterocycles. The third-order valence-corrected chi connectivity index (χ3v) is 2.47. The van der Waals surface area contributed by atoms with E-state index < -0.39 is 5.60 Å². The van der Waals surface area contributed by atoms with E-state index in [-0.39, 0.29) is 0 Å². The largest absolute Gasteiger partial charge is 0.384 e. The van der Waals surface area contributed by atoms with Crippen molar-refractivity contribution in [3.8, 4) is 0 Å².